The molecule has 6 nitrogen and oxygen atoms in total. The molecule has 0 amide bonds. The standard InChI is InChI=1S/C19H20BrNO5/c20-16-7-6-15(21(10-8-18(22)23)11-9-19(24)25)12-17(16)26-13-14-4-2-1-3-5-14/h1-7,12H,8-11,13H2,(H,22,23)(H,24,25). The second-order valence-electron chi connectivity index (χ2n) is 5.66. The number of ether oxygens (including phenoxy) is 1. The molecular formula is C19H20BrNO5. The van der Waals surface area contributed by atoms with Crippen molar-refractivity contribution in [1.82, 2.24) is 0 Å². The number of carboxylic acid groups (broad SMARTS) is 2. The van der Waals surface area contributed by atoms with Crippen LogP contribution >= 0.6 is 15.9 Å². The van der Waals surface area contributed by atoms with Crippen molar-refractivity contribution in [2.45, 2.75) is 19.4 Å². The van der Waals surface area contributed by atoms with E-state index in [4.69, 9.17) is 14.9 Å². The van der Waals surface area contributed by atoms with Crippen molar-refractivity contribution in [3.8, 4) is 5.75 Å². The zero-order chi connectivity index (χ0) is 18.9. The van der Waals surface area contributed by atoms with Gasteiger partial charge >= 0.3 is 11.9 Å². The molecule has 7 heteroatoms. The predicted octanol–water partition coefficient (Wildman–Crippen LogP) is 3.78. The van der Waals surface area contributed by atoms with Gasteiger partial charge in [0.1, 0.15) is 12.4 Å². The van der Waals surface area contributed by atoms with Crippen LogP contribution < -0.4 is 9.64 Å². The summed E-state index contributed by atoms with van der Waals surface area (Å²) in [5.41, 5.74) is 1.75. The first kappa shape index (κ1) is 19.8. The van der Waals surface area contributed by atoms with Gasteiger partial charge in [-0.25, -0.2) is 0 Å². The predicted molar refractivity (Wildman–Crippen MR) is 102 cm³/mol. The summed E-state index contributed by atoms with van der Waals surface area (Å²) in [5, 5.41) is 17.8. The van der Waals surface area contributed by atoms with Gasteiger partial charge in [0.2, 0.25) is 0 Å². The first-order valence-corrected chi connectivity index (χ1v) is 8.90. The number of rotatable bonds is 10. The average molecular weight is 422 g/mol. The Kier molecular flexibility index (Phi) is 7.47. The largest absolute Gasteiger partial charge is 0.488 e. The number of carbonyl (C=O) groups is 2. The van der Waals surface area contributed by atoms with Crippen LogP contribution in [-0.2, 0) is 16.2 Å². The first-order valence-electron chi connectivity index (χ1n) is 8.10. The maximum atomic E-state index is 10.9. The third kappa shape index (κ3) is 6.40. The van der Waals surface area contributed by atoms with E-state index in [1.165, 1.54) is 0 Å². The summed E-state index contributed by atoms with van der Waals surface area (Å²) in [5.74, 6) is -1.24. The topological polar surface area (TPSA) is 87.1 Å². The van der Waals surface area contributed by atoms with Crippen LogP contribution in [0.15, 0.2) is 53.0 Å². The summed E-state index contributed by atoms with van der Waals surface area (Å²) in [6, 6.07) is 15.1. The molecule has 0 aliphatic heterocycles. The van der Waals surface area contributed by atoms with Crippen LogP contribution in [0.25, 0.3) is 0 Å². The van der Waals surface area contributed by atoms with Gasteiger partial charge in [0.05, 0.1) is 17.3 Å². The molecule has 0 saturated heterocycles. The summed E-state index contributed by atoms with van der Waals surface area (Å²) in [7, 11) is 0. The number of aliphatic carboxylic acids is 2. The number of hydrogen-bond donors (Lipinski definition) is 2. The summed E-state index contributed by atoms with van der Waals surface area (Å²) in [4.78, 5) is 23.5. The Bertz CT molecular complexity index is 733. The van der Waals surface area contributed by atoms with Gasteiger partial charge < -0.3 is 19.8 Å². The van der Waals surface area contributed by atoms with Gasteiger partial charge in [0, 0.05) is 24.8 Å². The van der Waals surface area contributed by atoms with Crippen molar-refractivity contribution in [2.75, 3.05) is 18.0 Å². The number of anilines is 1. The number of benzene rings is 2. The Morgan fingerprint density at radius 3 is 2.15 bits per heavy atom. The smallest absolute Gasteiger partial charge is 0.305 e. The minimum atomic E-state index is -0.928. The fourth-order valence-corrected chi connectivity index (χ4v) is 2.73. The molecular weight excluding hydrogens is 402 g/mol. The third-order valence-corrected chi connectivity index (χ3v) is 4.36. The van der Waals surface area contributed by atoms with E-state index in [1.54, 1.807) is 11.0 Å². The molecule has 2 aromatic rings. The average Bonchev–Trinajstić information content (AvgIpc) is 2.62. The van der Waals surface area contributed by atoms with Crippen LogP contribution in [0.3, 0.4) is 0 Å². The van der Waals surface area contributed by atoms with E-state index in [-0.39, 0.29) is 25.9 Å². The van der Waals surface area contributed by atoms with Crippen LogP contribution in [0.2, 0.25) is 0 Å². The van der Waals surface area contributed by atoms with E-state index >= 15 is 0 Å². The van der Waals surface area contributed by atoms with E-state index < -0.39 is 11.9 Å². The van der Waals surface area contributed by atoms with E-state index in [0.29, 0.717) is 12.4 Å². The number of hydrogen-bond acceptors (Lipinski definition) is 4. The molecule has 26 heavy (non-hydrogen) atoms. The zero-order valence-electron chi connectivity index (χ0n) is 14.1. The summed E-state index contributed by atoms with van der Waals surface area (Å²) in [6.45, 7) is 0.845. The van der Waals surface area contributed by atoms with E-state index in [1.807, 2.05) is 42.5 Å². The molecule has 0 unspecified atom stereocenters. The van der Waals surface area contributed by atoms with Crippen LogP contribution in [0.5, 0.6) is 5.75 Å². The van der Waals surface area contributed by atoms with Gasteiger partial charge in [-0.2, -0.15) is 0 Å². The monoisotopic (exact) mass is 421 g/mol. The Labute approximate surface area is 160 Å². The second-order valence-corrected chi connectivity index (χ2v) is 6.52. The quantitative estimate of drug-likeness (QED) is 0.606. The Hall–Kier alpha value is -2.54. The van der Waals surface area contributed by atoms with Crippen LogP contribution in [0, 0.1) is 0 Å². The van der Waals surface area contributed by atoms with Gasteiger partial charge in [0.25, 0.3) is 0 Å². The normalized spacial score (nSPS) is 10.3. The molecule has 2 rings (SSSR count). The summed E-state index contributed by atoms with van der Waals surface area (Å²) in [6.07, 6.45) is -0.147. The minimum absolute atomic E-state index is 0.0735. The molecule has 138 valence electrons. The van der Waals surface area contributed by atoms with Gasteiger partial charge in [0.15, 0.2) is 0 Å². The zero-order valence-corrected chi connectivity index (χ0v) is 15.7. The summed E-state index contributed by atoms with van der Waals surface area (Å²) < 4.78 is 6.63. The SMILES string of the molecule is O=C(O)CCN(CCC(=O)O)c1ccc(Br)c(OCc2ccccc2)c1. The number of halogens is 1. The molecule has 0 saturated carbocycles. The molecule has 0 radical (unpaired) electrons. The van der Waals surface area contributed by atoms with Crippen molar-refractivity contribution in [3.63, 3.8) is 0 Å². The molecule has 0 atom stereocenters. The lowest BCUT2D eigenvalue weighted by Crippen LogP contribution is -2.28. The minimum Gasteiger partial charge on any atom is -0.488 e. The highest BCUT2D eigenvalue weighted by Crippen LogP contribution is 2.31. The van der Waals surface area contributed by atoms with Crippen LogP contribution in [-0.4, -0.2) is 35.2 Å². The van der Waals surface area contributed by atoms with Crippen molar-refractivity contribution < 1.29 is 24.5 Å². The fraction of sp³-hybridized carbons (Fsp3) is 0.263. The van der Waals surface area contributed by atoms with Crippen LogP contribution in [0.4, 0.5) is 5.69 Å². The van der Waals surface area contributed by atoms with Gasteiger partial charge in [-0.05, 0) is 33.6 Å². The van der Waals surface area contributed by atoms with Crippen molar-refractivity contribution in [2.24, 2.45) is 0 Å². The fourth-order valence-electron chi connectivity index (χ4n) is 2.37. The van der Waals surface area contributed by atoms with Crippen LogP contribution in [0.1, 0.15) is 18.4 Å². The highest BCUT2D eigenvalue weighted by molar-refractivity contribution is 9.10. The molecule has 0 aliphatic rings. The van der Waals surface area contributed by atoms with Gasteiger partial charge in [-0.15, -0.1) is 0 Å². The number of carboxylic acids is 2. The maximum Gasteiger partial charge on any atom is 0.305 e. The molecule has 2 aromatic carbocycles. The first-order chi connectivity index (χ1) is 12.5. The molecule has 0 spiro atoms. The third-order valence-electron chi connectivity index (χ3n) is 3.71. The molecule has 0 aliphatic carbocycles. The number of nitrogens with zero attached hydrogens (tertiary/aromatic N) is 1. The highest BCUT2D eigenvalue weighted by atomic mass is 79.9. The van der Waals surface area contributed by atoms with E-state index in [9.17, 15) is 9.59 Å². The Balaban J connectivity index is 2.14. The molecule has 2 N–H and O–H groups in total. The van der Waals surface area contributed by atoms with E-state index in [0.717, 1.165) is 15.7 Å². The second kappa shape index (κ2) is 9.82. The van der Waals surface area contributed by atoms with Gasteiger partial charge in [-0.3, -0.25) is 9.59 Å². The van der Waals surface area contributed by atoms with Crippen molar-refractivity contribution in [3.05, 3.63) is 58.6 Å². The lowest BCUT2D eigenvalue weighted by Gasteiger charge is -2.24. The van der Waals surface area contributed by atoms with Crippen molar-refractivity contribution in [1.29, 1.82) is 0 Å². The van der Waals surface area contributed by atoms with Gasteiger partial charge in [-0.1, -0.05) is 30.3 Å². The maximum absolute atomic E-state index is 10.9. The molecule has 0 aromatic heterocycles. The lowest BCUT2D eigenvalue weighted by molar-refractivity contribution is -0.137. The molecule has 0 bridgehead atoms. The molecule has 0 heterocycles. The molecule has 0 fully saturated rings. The highest BCUT2D eigenvalue weighted by Gasteiger charge is 2.13. The Morgan fingerprint density at radius 2 is 1.58 bits per heavy atom. The lowest BCUT2D eigenvalue weighted by atomic mass is 10.2. The van der Waals surface area contributed by atoms with Crippen molar-refractivity contribution >= 4 is 33.6 Å². The van der Waals surface area contributed by atoms with E-state index in [2.05, 4.69) is 15.9 Å². The Morgan fingerprint density at radius 1 is 0.962 bits per heavy atom. The summed E-state index contributed by atoms with van der Waals surface area (Å²) >= 11 is 3.45.